The highest BCUT2D eigenvalue weighted by Gasteiger charge is 2.33. The van der Waals surface area contributed by atoms with Crippen LogP contribution < -0.4 is 4.90 Å². The Balaban J connectivity index is 1.97. The molecule has 0 bridgehead atoms. The monoisotopic (exact) mass is 382 g/mol. The standard InChI is InChI=1S/C21H22N2O5/c1-26-20(24)17-13-28-14-23(19(17)21(25)27-2)18-9-4-3-7-15(18)10-11-16-8-5-6-12-22-16/h3-9,12H,10-11,13-14H2,1-2H3. The zero-order chi connectivity index (χ0) is 19.9. The van der Waals surface area contributed by atoms with E-state index in [4.69, 9.17) is 14.2 Å². The Morgan fingerprint density at radius 2 is 1.79 bits per heavy atom. The third-order valence-corrected chi connectivity index (χ3v) is 4.49. The van der Waals surface area contributed by atoms with Crippen molar-refractivity contribution in [3.63, 3.8) is 0 Å². The SMILES string of the molecule is COC(=O)C1=C(C(=O)OC)N(c2ccccc2CCc2ccccn2)COC1. The number of para-hydroxylation sites is 1. The highest BCUT2D eigenvalue weighted by atomic mass is 16.5. The summed E-state index contributed by atoms with van der Waals surface area (Å²) in [5.74, 6) is -1.22. The summed E-state index contributed by atoms with van der Waals surface area (Å²) in [5, 5.41) is 0. The lowest BCUT2D eigenvalue weighted by atomic mass is 10.0. The van der Waals surface area contributed by atoms with Gasteiger partial charge in [-0.25, -0.2) is 9.59 Å². The maximum atomic E-state index is 12.5. The first-order valence-corrected chi connectivity index (χ1v) is 8.88. The lowest BCUT2D eigenvalue weighted by Crippen LogP contribution is -2.39. The number of anilines is 1. The van der Waals surface area contributed by atoms with Gasteiger partial charge in [-0.2, -0.15) is 0 Å². The fourth-order valence-electron chi connectivity index (χ4n) is 3.13. The second-order valence-corrected chi connectivity index (χ2v) is 6.17. The first kappa shape index (κ1) is 19.6. The second kappa shape index (κ2) is 9.14. The van der Waals surface area contributed by atoms with Crippen LogP contribution >= 0.6 is 0 Å². The number of aromatic nitrogens is 1. The molecule has 3 rings (SSSR count). The summed E-state index contributed by atoms with van der Waals surface area (Å²) in [5.41, 5.74) is 3.04. The summed E-state index contributed by atoms with van der Waals surface area (Å²) < 4.78 is 15.3. The fourth-order valence-corrected chi connectivity index (χ4v) is 3.13. The average molecular weight is 382 g/mol. The number of ether oxygens (including phenoxy) is 3. The summed E-state index contributed by atoms with van der Waals surface area (Å²) >= 11 is 0. The third-order valence-electron chi connectivity index (χ3n) is 4.49. The molecule has 0 amide bonds. The minimum absolute atomic E-state index is 0.0102. The van der Waals surface area contributed by atoms with Crippen molar-refractivity contribution in [2.75, 3.05) is 32.5 Å². The summed E-state index contributed by atoms with van der Waals surface area (Å²) in [7, 11) is 2.55. The normalized spacial score (nSPS) is 14.0. The molecule has 0 spiro atoms. The maximum absolute atomic E-state index is 12.5. The van der Waals surface area contributed by atoms with E-state index in [0.717, 1.165) is 23.4 Å². The van der Waals surface area contributed by atoms with Gasteiger partial charge < -0.3 is 19.1 Å². The molecule has 1 aliphatic rings. The largest absolute Gasteiger partial charge is 0.466 e. The van der Waals surface area contributed by atoms with Gasteiger partial charge in [-0.05, 0) is 36.6 Å². The Morgan fingerprint density at radius 3 is 2.50 bits per heavy atom. The lowest BCUT2D eigenvalue weighted by Gasteiger charge is -2.32. The molecule has 1 aliphatic heterocycles. The van der Waals surface area contributed by atoms with Gasteiger partial charge in [0, 0.05) is 17.6 Å². The van der Waals surface area contributed by atoms with E-state index in [0.29, 0.717) is 6.42 Å². The predicted octanol–water partition coefficient (Wildman–Crippen LogP) is 2.26. The van der Waals surface area contributed by atoms with Crippen molar-refractivity contribution in [1.29, 1.82) is 0 Å². The zero-order valence-electron chi connectivity index (χ0n) is 15.9. The molecule has 2 aromatic rings. The summed E-state index contributed by atoms with van der Waals surface area (Å²) in [6, 6.07) is 13.5. The van der Waals surface area contributed by atoms with Gasteiger partial charge in [-0.15, -0.1) is 0 Å². The molecular weight excluding hydrogens is 360 g/mol. The number of benzene rings is 1. The van der Waals surface area contributed by atoms with Crippen molar-refractivity contribution in [3.05, 3.63) is 71.2 Å². The van der Waals surface area contributed by atoms with Gasteiger partial charge in [0.15, 0.2) is 0 Å². The Morgan fingerprint density at radius 1 is 1.04 bits per heavy atom. The maximum Gasteiger partial charge on any atom is 0.355 e. The summed E-state index contributed by atoms with van der Waals surface area (Å²) in [6.07, 6.45) is 3.22. The van der Waals surface area contributed by atoms with Crippen LogP contribution in [0, 0.1) is 0 Å². The van der Waals surface area contributed by atoms with Crippen LogP contribution in [0.5, 0.6) is 0 Å². The van der Waals surface area contributed by atoms with Gasteiger partial charge in [0.1, 0.15) is 12.4 Å². The van der Waals surface area contributed by atoms with E-state index in [9.17, 15) is 9.59 Å². The van der Waals surface area contributed by atoms with Crippen molar-refractivity contribution in [2.45, 2.75) is 12.8 Å². The Hall–Kier alpha value is -3.19. The van der Waals surface area contributed by atoms with Gasteiger partial charge in [0.2, 0.25) is 0 Å². The van der Waals surface area contributed by atoms with Crippen molar-refractivity contribution in [1.82, 2.24) is 4.98 Å². The Bertz CT molecular complexity index is 879. The molecule has 7 heteroatoms. The first-order chi connectivity index (χ1) is 13.7. The van der Waals surface area contributed by atoms with E-state index in [2.05, 4.69) is 4.98 Å². The molecule has 28 heavy (non-hydrogen) atoms. The van der Waals surface area contributed by atoms with Gasteiger partial charge >= 0.3 is 11.9 Å². The van der Waals surface area contributed by atoms with Gasteiger partial charge in [0.25, 0.3) is 0 Å². The van der Waals surface area contributed by atoms with Gasteiger partial charge in [-0.3, -0.25) is 4.98 Å². The number of pyridine rings is 1. The van der Waals surface area contributed by atoms with E-state index in [1.54, 1.807) is 11.1 Å². The van der Waals surface area contributed by atoms with Crippen LogP contribution in [0.3, 0.4) is 0 Å². The molecule has 0 saturated carbocycles. The van der Waals surface area contributed by atoms with E-state index >= 15 is 0 Å². The Labute approximate surface area is 163 Å². The number of aryl methyl sites for hydroxylation is 2. The molecule has 0 unspecified atom stereocenters. The Kier molecular flexibility index (Phi) is 6.39. The van der Waals surface area contributed by atoms with Crippen LogP contribution in [0.4, 0.5) is 5.69 Å². The summed E-state index contributed by atoms with van der Waals surface area (Å²) in [6.45, 7) is 0.120. The highest BCUT2D eigenvalue weighted by Crippen LogP contribution is 2.30. The lowest BCUT2D eigenvalue weighted by molar-refractivity contribution is -0.140. The first-order valence-electron chi connectivity index (χ1n) is 8.88. The third kappa shape index (κ3) is 4.20. The number of carbonyl (C=O) groups is 2. The zero-order valence-corrected chi connectivity index (χ0v) is 15.9. The van der Waals surface area contributed by atoms with Crippen LogP contribution in [0.1, 0.15) is 11.3 Å². The molecule has 146 valence electrons. The van der Waals surface area contributed by atoms with E-state index in [1.165, 1.54) is 14.2 Å². The minimum atomic E-state index is -0.615. The number of nitrogens with zero attached hydrogens (tertiary/aromatic N) is 2. The second-order valence-electron chi connectivity index (χ2n) is 6.17. The van der Waals surface area contributed by atoms with Crippen molar-refractivity contribution >= 4 is 17.6 Å². The molecule has 2 heterocycles. The average Bonchev–Trinajstić information content (AvgIpc) is 2.77. The molecule has 0 aliphatic carbocycles. The molecule has 1 aromatic heterocycles. The number of hydrogen-bond donors (Lipinski definition) is 0. The smallest absolute Gasteiger partial charge is 0.355 e. The molecule has 0 radical (unpaired) electrons. The molecule has 1 aromatic carbocycles. The van der Waals surface area contributed by atoms with E-state index in [-0.39, 0.29) is 24.6 Å². The number of rotatable bonds is 6. The van der Waals surface area contributed by atoms with Crippen LogP contribution in [0.25, 0.3) is 0 Å². The van der Waals surface area contributed by atoms with Gasteiger partial charge in [0.05, 0.1) is 26.4 Å². The quantitative estimate of drug-likeness (QED) is 0.709. The topological polar surface area (TPSA) is 78.0 Å². The molecule has 0 N–H and O–H groups in total. The molecule has 7 nitrogen and oxygen atoms in total. The summed E-state index contributed by atoms with van der Waals surface area (Å²) in [4.78, 5) is 30.7. The molecule has 0 atom stereocenters. The molecule has 0 saturated heterocycles. The molecule has 0 fully saturated rings. The number of esters is 2. The molecular formula is C21H22N2O5. The van der Waals surface area contributed by atoms with Crippen molar-refractivity contribution in [3.8, 4) is 0 Å². The van der Waals surface area contributed by atoms with Crippen LogP contribution in [-0.4, -0.2) is 44.5 Å². The van der Waals surface area contributed by atoms with Crippen molar-refractivity contribution in [2.24, 2.45) is 0 Å². The van der Waals surface area contributed by atoms with Gasteiger partial charge in [-0.1, -0.05) is 24.3 Å². The predicted molar refractivity (Wildman–Crippen MR) is 102 cm³/mol. The number of hydrogen-bond acceptors (Lipinski definition) is 7. The fraction of sp³-hybridized carbons (Fsp3) is 0.286. The van der Waals surface area contributed by atoms with E-state index < -0.39 is 11.9 Å². The van der Waals surface area contributed by atoms with Crippen LogP contribution in [0.2, 0.25) is 0 Å². The van der Waals surface area contributed by atoms with Crippen LogP contribution in [0.15, 0.2) is 59.9 Å². The van der Waals surface area contributed by atoms with E-state index in [1.807, 2.05) is 42.5 Å². The minimum Gasteiger partial charge on any atom is -0.466 e. The van der Waals surface area contributed by atoms with Crippen molar-refractivity contribution < 1.29 is 23.8 Å². The number of carbonyl (C=O) groups excluding carboxylic acids is 2. The number of methoxy groups -OCH3 is 2. The highest BCUT2D eigenvalue weighted by molar-refractivity contribution is 6.03. The van der Waals surface area contributed by atoms with Crippen LogP contribution in [-0.2, 0) is 36.6 Å².